The van der Waals surface area contributed by atoms with Gasteiger partial charge in [-0.25, -0.2) is 4.79 Å². The van der Waals surface area contributed by atoms with Crippen LogP contribution in [-0.2, 0) is 16.1 Å². The van der Waals surface area contributed by atoms with Gasteiger partial charge in [-0.2, -0.15) is 0 Å². The molecular weight excluding hydrogens is 320 g/mol. The van der Waals surface area contributed by atoms with Crippen molar-refractivity contribution in [1.82, 2.24) is 5.32 Å². The molecule has 1 heterocycles. The monoisotopic (exact) mass is 342 g/mol. The third-order valence-corrected chi connectivity index (χ3v) is 3.66. The largest absolute Gasteiger partial charge is 0.465 e. The van der Waals surface area contributed by atoms with E-state index in [1.807, 2.05) is 43.3 Å². The maximum atomic E-state index is 11.9. The molecule has 0 aliphatic rings. The molecular formula is C19H22N2O4. The fourth-order valence-electron chi connectivity index (χ4n) is 2.22. The van der Waals surface area contributed by atoms with E-state index < -0.39 is 5.97 Å². The summed E-state index contributed by atoms with van der Waals surface area (Å²) in [6.45, 7) is 2.10. The van der Waals surface area contributed by atoms with Crippen molar-refractivity contribution in [3.8, 4) is 0 Å². The van der Waals surface area contributed by atoms with Gasteiger partial charge in [0.1, 0.15) is 17.1 Å². The number of amides is 1. The van der Waals surface area contributed by atoms with E-state index >= 15 is 0 Å². The molecule has 0 aliphatic carbocycles. The van der Waals surface area contributed by atoms with Crippen LogP contribution in [0.25, 0.3) is 6.08 Å². The topological polar surface area (TPSA) is 71.8 Å². The molecule has 1 aromatic carbocycles. The standard InChI is InChI=1S/C19H22N2O4/c1-13-17(19(23)24-4)11-16(25-13)9-10-18(22)20-12-14-5-7-15(8-6-14)21(2)3/h5-11H,12H2,1-4H3,(H,20,22)/b10-9+. The van der Waals surface area contributed by atoms with E-state index in [-0.39, 0.29) is 5.91 Å². The third kappa shape index (κ3) is 4.97. The number of esters is 1. The summed E-state index contributed by atoms with van der Waals surface area (Å²) in [6, 6.07) is 9.48. The first kappa shape index (κ1) is 18.3. The lowest BCUT2D eigenvalue weighted by atomic mass is 10.2. The Morgan fingerprint density at radius 1 is 1.24 bits per heavy atom. The Kier molecular flexibility index (Phi) is 6.00. The molecule has 0 atom stereocenters. The van der Waals surface area contributed by atoms with Gasteiger partial charge in [-0.1, -0.05) is 12.1 Å². The van der Waals surface area contributed by atoms with E-state index in [9.17, 15) is 9.59 Å². The van der Waals surface area contributed by atoms with Gasteiger partial charge >= 0.3 is 5.97 Å². The Labute approximate surface area is 147 Å². The first-order valence-corrected chi connectivity index (χ1v) is 7.81. The van der Waals surface area contributed by atoms with Crippen molar-refractivity contribution < 1.29 is 18.7 Å². The molecule has 132 valence electrons. The first-order chi connectivity index (χ1) is 11.9. The molecule has 0 saturated carbocycles. The maximum Gasteiger partial charge on any atom is 0.341 e. The summed E-state index contributed by atoms with van der Waals surface area (Å²) in [5, 5.41) is 2.80. The summed E-state index contributed by atoms with van der Waals surface area (Å²) in [5.41, 5.74) is 2.46. The second kappa shape index (κ2) is 8.19. The lowest BCUT2D eigenvalue weighted by Gasteiger charge is -2.12. The number of furan rings is 1. The Morgan fingerprint density at radius 2 is 1.92 bits per heavy atom. The number of ether oxygens (including phenoxy) is 1. The van der Waals surface area contributed by atoms with Crippen LogP contribution in [0, 0.1) is 6.92 Å². The van der Waals surface area contributed by atoms with Gasteiger partial charge in [0.25, 0.3) is 0 Å². The van der Waals surface area contributed by atoms with Crippen LogP contribution < -0.4 is 10.2 Å². The van der Waals surface area contributed by atoms with Gasteiger partial charge in [-0.3, -0.25) is 4.79 Å². The van der Waals surface area contributed by atoms with Gasteiger partial charge in [-0.05, 0) is 36.8 Å². The highest BCUT2D eigenvalue weighted by molar-refractivity contribution is 5.93. The molecule has 2 aromatic rings. The van der Waals surface area contributed by atoms with Crippen LogP contribution in [0.1, 0.15) is 27.4 Å². The molecule has 0 radical (unpaired) electrons. The summed E-state index contributed by atoms with van der Waals surface area (Å²) in [5.74, 6) is 0.160. The van der Waals surface area contributed by atoms with Gasteiger partial charge < -0.3 is 19.4 Å². The van der Waals surface area contributed by atoms with E-state index in [2.05, 4.69) is 10.1 Å². The van der Waals surface area contributed by atoms with Crippen molar-refractivity contribution in [2.75, 3.05) is 26.1 Å². The van der Waals surface area contributed by atoms with E-state index in [0.717, 1.165) is 11.3 Å². The number of hydrogen-bond donors (Lipinski definition) is 1. The predicted molar refractivity (Wildman–Crippen MR) is 96.4 cm³/mol. The average Bonchev–Trinajstić information content (AvgIpc) is 2.98. The van der Waals surface area contributed by atoms with E-state index in [4.69, 9.17) is 4.42 Å². The molecule has 0 fully saturated rings. The SMILES string of the molecule is COC(=O)c1cc(/C=C/C(=O)NCc2ccc(N(C)C)cc2)oc1C. The Hall–Kier alpha value is -3.02. The highest BCUT2D eigenvalue weighted by Gasteiger charge is 2.14. The number of methoxy groups -OCH3 is 1. The number of hydrogen-bond acceptors (Lipinski definition) is 5. The summed E-state index contributed by atoms with van der Waals surface area (Å²) >= 11 is 0. The van der Waals surface area contributed by atoms with Crippen LogP contribution in [-0.4, -0.2) is 33.1 Å². The highest BCUT2D eigenvalue weighted by atomic mass is 16.5. The average molecular weight is 342 g/mol. The molecule has 6 nitrogen and oxygen atoms in total. The number of anilines is 1. The molecule has 1 aromatic heterocycles. The zero-order chi connectivity index (χ0) is 18.4. The van der Waals surface area contributed by atoms with Crippen LogP contribution in [0.2, 0.25) is 0 Å². The van der Waals surface area contributed by atoms with E-state index in [1.54, 1.807) is 13.0 Å². The van der Waals surface area contributed by atoms with Crippen molar-refractivity contribution in [3.05, 3.63) is 59.1 Å². The van der Waals surface area contributed by atoms with Gasteiger partial charge in [-0.15, -0.1) is 0 Å². The molecule has 0 bridgehead atoms. The second-order valence-corrected chi connectivity index (χ2v) is 5.72. The fourth-order valence-corrected chi connectivity index (χ4v) is 2.22. The number of nitrogens with zero attached hydrogens (tertiary/aromatic N) is 1. The van der Waals surface area contributed by atoms with E-state index in [0.29, 0.717) is 23.6 Å². The summed E-state index contributed by atoms with van der Waals surface area (Å²) < 4.78 is 10.1. The summed E-state index contributed by atoms with van der Waals surface area (Å²) in [6.07, 6.45) is 2.89. The van der Waals surface area contributed by atoms with Crippen LogP contribution in [0.4, 0.5) is 5.69 Å². The second-order valence-electron chi connectivity index (χ2n) is 5.72. The lowest BCUT2D eigenvalue weighted by Crippen LogP contribution is -2.20. The normalized spacial score (nSPS) is 10.7. The zero-order valence-electron chi connectivity index (χ0n) is 14.8. The number of carbonyl (C=O) groups is 2. The van der Waals surface area contributed by atoms with Gasteiger partial charge in [0.2, 0.25) is 5.91 Å². The molecule has 25 heavy (non-hydrogen) atoms. The molecule has 0 spiro atoms. The van der Waals surface area contributed by atoms with E-state index in [1.165, 1.54) is 19.3 Å². The summed E-state index contributed by atoms with van der Waals surface area (Å²) in [7, 11) is 5.26. The quantitative estimate of drug-likeness (QED) is 0.646. The molecule has 1 amide bonds. The number of aryl methyl sites for hydroxylation is 1. The molecule has 6 heteroatoms. The Morgan fingerprint density at radius 3 is 2.52 bits per heavy atom. The number of benzene rings is 1. The Bertz CT molecular complexity index is 773. The number of rotatable bonds is 6. The predicted octanol–water partition coefficient (Wildman–Crippen LogP) is 2.77. The molecule has 2 rings (SSSR count). The number of carbonyl (C=O) groups excluding carboxylic acids is 2. The number of nitrogens with one attached hydrogen (secondary N) is 1. The van der Waals surface area contributed by atoms with Crippen LogP contribution in [0.3, 0.4) is 0 Å². The zero-order valence-corrected chi connectivity index (χ0v) is 14.8. The first-order valence-electron chi connectivity index (χ1n) is 7.81. The minimum atomic E-state index is -0.466. The molecule has 0 saturated heterocycles. The smallest absolute Gasteiger partial charge is 0.341 e. The highest BCUT2D eigenvalue weighted by Crippen LogP contribution is 2.17. The van der Waals surface area contributed by atoms with Crippen molar-refractivity contribution >= 4 is 23.6 Å². The van der Waals surface area contributed by atoms with Gasteiger partial charge in [0, 0.05) is 32.4 Å². The van der Waals surface area contributed by atoms with Crippen LogP contribution in [0.15, 0.2) is 40.8 Å². The molecule has 0 unspecified atom stereocenters. The maximum absolute atomic E-state index is 11.9. The van der Waals surface area contributed by atoms with Gasteiger partial charge in [0.15, 0.2) is 0 Å². The van der Waals surface area contributed by atoms with Crippen molar-refractivity contribution in [1.29, 1.82) is 0 Å². The van der Waals surface area contributed by atoms with Gasteiger partial charge in [0.05, 0.1) is 7.11 Å². The molecule has 1 N–H and O–H groups in total. The third-order valence-electron chi connectivity index (χ3n) is 3.66. The van der Waals surface area contributed by atoms with Crippen LogP contribution in [0.5, 0.6) is 0 Å². The van der Waals surface area contributed by atoms with Crippen molar-refractivity contribution in [3.63, 3.8) is 0 Å². The lowest BCUT2D eigenvalue weighted by molar-refractivity contribution is -0.116. The minimum Gasteiger partial charge on any atom is -0.465 e. The van der Waals surface area contributed by atoms with Crippen LogP contribution >= 0.6 is 0 Å². The summed E-state index contributed by atoms with van der Waals surface area (Å²) in [4.78, 5) is 25.4. The molecule has 0 aliphatic heterocycles. The minimum absolute atomic E-state index is 0.245. The Balaban J connectivity index is 1.91. The van der Waals surface area contributed by atoms with Crippen molar-refractivity contribution in [2.45, 2.75) is 13.5 Å². The fraction of sp³-hybridized carbons (Fsp3) is 0.263. The van der Waals surface area contributed by atoms with Crippen molar-refractivity contribution in [2.24, 2.45) is 0 Å².